The highest BCUT2D eigenvalue weighted by Gasteiger charge is 2.26. The molecule has 2 fully saturated rings. The third kappa shape index (κ3) is 4.57. The summed E-state index contributed by atoms with van der Waals surface area (Å²) in [5, 5.41) is 10.7. The molecule has 0 spiro atoms. The van der Waals surface area contributed by atoms with Crippen LogP contribution >= 0.6 is 23.1 Å². The van der Waals surface area contributed by atoms with Crippen molar-refractivity contribution >= 4 is 34.9 Å². The molecule has 1 saturated heterocycles. The number of carbonyl (C=O) groups excluding carboxylic acids is 2. The van der Waals surface area contributed by atoms with E-state index in [2.05, 4.69) is 10.2 Å². The zero-order valence-corrected chi connectivity index (χ0v) is 17.3. The molecule has 3 heterocycles. The highest BCUT2D eigenvalue weighted by atomic mass is 32.2. The highest BCUT2D eigenvalue weighted by molar-refractivity contribution is 7.99. The smallest absolute Gasteiger partial charge is 0.277 e. The molecule has 2 aromatic rings. The summed E-state index contributed by atoms with van der Waals surface area (Å²) in [6.45, 7) is 2.26. The molecular formula is C19H24N4O3S2. The first kappa shape index (κ1) is 19.4. The van der Waals surface area contributed by atoms with E-state index < -0.39 is 0 Å². The molecule has 4 rings (SSSR count). The molecule has 2 amide bonds. The molecule has 2 aromatic heterocycles. The van der Waals surface area contributed by atoms with Gasteiger partial charge in [0, 0.05) is 32.1 Å². The van der Waals surface area contributed by atoms with Gasteiger partial charge in [-0.15, -0.1) is 21.5 Å². The average molecular weight is 421 g/mol. The third-order valence-electron chi connectivity index (χ3n) is 5.35. The van der Waals surface area contributed by atoms with Crippen LogP contribution in [0, 0.1) is 0 Å². The van der Waals surface area contributed by atoms with Gasteiger partial charge in [0.2, 0.25) is 11.8 Å². The fourth-order valence-electron chi connectivity index (χ4n) is 3.72. The Morgan fingerprint density at radius 2 is 1.86 bits per heavy atom. The maximum Gasteiger partial charge on any atom is 0.277 e. The number of thiophene rings is 1. The second kappa shape index (κ2) is 9.09. The molecule has 0 unspecified atom stereocenters. The predicted octanol–water partition coefficient (Wildman–Crippen LogP) is 3.26. The Balaban J connectivity index is 1.23. The summed E-state index contributed by atoms with van der Waals surface area (Å²) < 4.78 is 5.77. The maximum atomic E-state index is 12.5. The van der Waals surface area contributed by atoms with Crippen LogP contribution in [0.15, 0.2) is 27.2 Å². The lowest BCUT2D eigenvalue weighted by atomic mass is 9.89. The molecule has 0 atom stereocenters. The van der Waals surface area contributed by atoms with Crippen molar-refractivity contribution in [3.63, 3.8) is 0 Å². The lowest BCUT2D eigenvalue weighted by Crippen LogP contribution is -2.51. The van der Waals surface area contributed by atoms with E-state index >= 15 is 0 Å². The van der Waals surface area contributed by atoms with Gasteiger partial charge in [-0.2, -0.15) is 0 Å². The van der Waals surface area contributed by atoms with Gasteiger partial charge in [-0.25, -0.2) is 0 Å². The Bertz CT molecular complexity index is 794. The minimum absolute atomic E-state index is 0.0469. The third-order valence-corrected chi connectivity index (χ3v) is 7.01. The van der Waals surface area contributed by atoms with E-state index in [1.54, 1.807) is 0 Å². The van der Waals surface area contributed by atoms with Crippen LogP contribution in [0.4, 0.5) is 0 Å². The van der Waals surface area contributed by atoms with Crippen molar-refractivity contribution in [1.82, 2.24) is 20.0 Å². The van der Waals surface area contributed by atoms with Crippen LogP contribution in [0.2, 0.25) is 0 Å². The minimum Gasteiger partial charge on any atom is -0.416 e. The Labute approximate surface area is 172 Å². The number of hydrogen-bond acceptors (Lipinski definition) is 7. The lowest BCUT2D eigenvalue weighted by molar-refractivity contribution is -0.129. The number of piperazine rings is 1. The van der Waals surface area contributed by atoms with Crippen LogP contribution in [0.1, 0.15) is 53.6 Å². The van der Waals surface area contributed by atoms with Crippen LogP contribution in [-0.2, 0) is 4.79 Å². The van der Waals surface area contributed by atoms with Crippen molar-refractivity contribution in [1.29, 1.82) is 0 Å². The van der Waals surface area contributed by atoms with Crippen molar-refractivity contribution < 1.29 is 14.0 Å². The fourth-order valence-corrected chi connectivity index (χ4v) is 5.09. The Hall–Kier alpha value is -1.87. The van der Waals surface area contributed by atoms with Crippen molar-refractivity contribution in [2.24, 2.45) is 0 Å². The summed E-state index contributed by atoms with van der Waals surface area (Å²) in [7, 11) is 0. The quantitative estimate of drug-likeness (QED) is 0.691. The van der Waals surface area contributed by atoms with Gasteiger partial charge in [0.25, 0.3) is 11.1 Å². The second-order valence-corrected chi connectivity index (χ2v) is 9.05. The number of amides is 2. The van der Waals surface area contributed by atoms with Gasteiger partial charge in [-0.1, -0.05) is 37.1 Å². The van der Waals surface area contributed by atoms with E-state index in [1.807, 2.05) is 27.3 Å². The van der Waals surface area contributed by atoms with E-state index in [1.165, 1.54) is 42.4 Å². The second-order valence-electron chi connectivity index (χ2n) is 7.18. The van der Waals surface area contributed by atoms with Gasteiger partial charge in [0.1, 0.15) is 0 Å². The number of nitrogens with zero attached hydrogens (tertiary/aromatic N) is 4. The summed E-state index contributed by atoms with van der Waals surface area (Å²) in [4.78, 5) is 29.3. The topological polar surface area (TPSA) is 79.5 Å². The monoisotopic (exact) mass is 420 g/mol. The normalized spacial score (nSPS) is 18.4. The van der Waals surface area contributed by atoms with Crippen LogP contribution in [0.3, 0.4) is 0 Å². The van der Waals surface area contributed by atoms with Crippen molar-refractivity contribution in [3.05, 3.63) is 28.3 Å². The summed E-state index contributed by atoms with van der Waals surface area (Å²) in [5.74, 6) is 1.48. The highest BCUT2D eigenvalue weighted by Crippen LogP contribution is 2.32. The van der Waals surface area contributed by atoms with Crippen LogP contribution in [-0.4, -0.2) is 63.7 Å². The minimum atomic E-state index is 0.0469. The largest absolute Gasteiger partial charge is 0.416 e. The number of aromatic nitrogens is 2. The Kier molecular flexibility index (Phi) is 6.31. The Morgan fingerprint density at radius 1 is 1.11 bits per heavy atom. The van der Waals surface area contributed by atoms with Crippen molar-refractivity contribution in [3.8, 4) is 0 Å². The molecule has 0 aromatic carbocycles. The molecule has 9 heteroatoms. The van der Waals surface area contributed by atoms with Gasteiger partial charge in [0.15, 0.2) is 0 Å². The summed E-state index contributed by atoms with van der Waals surface area (Å²) in [6, 6.07) is 3.72. The van der Waals surface area contributed by atoms with Crippen LogP contribution in [0.25, 0.3) is 0 Å². The summed E-state index contributed by atoms with van der Waals surface area (Å²) in [5.41, 5.74) is 0. The molecule has 1 aliphatic carbocycles. The fraction of sp³-hybridized carbons (Fsp3) is 0.579. The van der Waals surface area contributed by atoms with E-state index in [0.717, 1.165) is 23.6 Å². The summed E-state index contributed by atoms with van der Waals surface area (Å²) in [6.07, 6.45) is 5.94. The first-order valence-electron chi connectivity index (χ1n) is 9.77. The molecule has 7 nitrogen and oxygen atoms in total. The van der Waals surface area contributed by atoms with Gasteiger partial charge < -0.3 is 14.2 Å². The zero-order chi connectivity index (χ0) is 19.3. The summed E-state index contributed by atoms with van der Waals surface area (Å²) >= 11 is 2.75. The standard InChI is InChI=1S/C19H24N4O3S2/c24-16(13-28-19-21-20-17(26-19)14-5-2-1-3-6-14)22-8-10-23(11-9-22)18(25)15-7-4-12-27-15/h4,7,12,14H,1-3,5-6,8-11,13H2. The predicted molar refractivity (Wildman–Crippen MR) is 108 cm³/mol. The molecule has 0 N–H and O–H groups in total. The van der Waals surface area contributed by atoms with Gasteiger partial charge >= 0.3 is 0 Å². The molecule has 2 aliphatic rings. The van der Waals surface area contributed by atoms with Gasteiger partial charge in [-0.3, -0.25) is 9.59 Å². The first-order chi connectivity index (χ1) is 13.7. The van der Waals surface area contributed by atoms with E-state index in [9.17, 15) is 9.59 Å². The molecular weight excluding hydrogens is 396 g/mol. The molecule has 150 valence electrons. The number of thioether (sulfide) groups is 1. The van der Waals surface area contributed by atoms with Crippen molar-refractivity contribution in [2.45, 2.75) is 43.2 Å². The molecule has 1 aliphatic heterocycles. The van der Waals surface area contributed by atoms with Crippen LogP contribution in [0.5, 0.6) is 0 Å². The van der Waals surface area contributed by atoms with Crippen LogP contribution < -0.4 is 0 Å². The first-order valence-corrected chi connectivity index (χ1v) is 11.6. The number of carbonyl (C=O) groups is 2. The van der Waals surface area contributed by atoms with Crippen molar-refractivity contribution in [2.75, 3.05) is 31.9 Å². The number of rotatable bonds is 5. The Morgan fingerprint density at radius 3 is 2.57 bits per heavy atom. The molecule has 28 heavy (non-hydrogen) atoms. The lowest BCUT2D eigenvalue weighted by Gasteiger charge is -2.34. The van der Waals surface area contributed by atoms with E-state index in [0.29, 0.717) is 37.3 Å². The molecule has 0 bridgehead atoms. The van der Waals surface area contributed by atoms with Gasteiger partial charge in [-0.05, 0) is 24.3 Å². The zero-order valence-electron chi connectivity index (χ0n) is 15.7. The van der Waals surface area contributed by atoms with Gasteiger partial charge in [0.05, 0.1) is 10.6 Å². The molecule has 0 radical (unpaired) electrons. The average Bonchev–Trinajstić information content (AvgIpc) is 3.44. The maximum absolute atomic E-state index is 12.5. The number of hydrogen-bond donors (Lipinski definition) is 0. The van der Waals surface area contributed by atoms with E-state index in [-0.39, 0.29) is 17.6 Å². The van der Waals surface area contributed by atoms with E-state index in [4.69, 9.17) is 4.42 Å². The SMILES string of the molecule is O=C(CSc1nnc(C2CCCCC2)o1)N1CCN(C(=O)c2cccs2)CC1. The molecule has 1 saturated carbocycles.